The van der Waals surface area contributed by atoms with Crippen molar-refractivity contribution in [1.29, 1.82) is 0 Å². The molecule has 1 aliphatic heterocycles. The quantitative estimate of drug-likeness (QED) is 0.554. The Labute approximate surface area is 156 Å². The summed E-state index contributed by atoms with van der Waals surface area (Å²) in [5.41, 5.74) is 5.00. The first kappa shape index (κ1) is 16.7. The van der Waals surface area contributed by atoms with Gasteiger partial charge in [0.25, 0.3) is 0 Å². The van der Waals surface area contributed by atoms with Crippen molar-refractivity contribution in [2.24, 2.45) is 5.10 Å². The van der Waals surface area contributed by atoms with E-state index in [1.807, 2.05) is 42.6 Å². The molecule has 1 aromatic carbocycles. The second kappa shape index (κ2) is 8.07. The molecule has 3 aromatic rings. The van der Waals surface area contributed by atoms with Crippen molar-refractivity contribution in [1.82, 2.24) is 9.97 Å². The van der Waals surface area contributed by atoms with Gasteiger partial charge < -0.3 is 9.64 Å². The predicted molar refractivity (Wildman–Crippen MR) is 106 cm³/mol. The highest BCUT2D eigenvalue weighted by Gasteiger charge is 2.18. The number of rotatable bonds is 5. The first-order valence-corrected chi connectivity index (χ1v) is 9.31. The molecule has 4 rings (SSSR count). The molecule has 0 saturated carbocycles. The van der Waals surface area contributed by atoms with Crippen LogP contribution in [0.5, 0.6) is 0 Å². The van der Waals surface area contributed by atoms with Crippen LogP contribution in [0.25, 0.3) is 11.3 Å². The van der Waals surface area contributed by atoms with E-state index in [9.17, 15) is 0 Å². The fourth-order valence-electron chi connectivity index (χ4n) is 2.69. The summed E-state index contributed by atoms with van der Waals surface area (Å²) in [6, 6.07) is 15.9. The van der Waals surface area contributed by atoms with E-state index in [2.05, 4.69) is 32.5 Å². The van der Waals surface area contributed by atoms with Crippen LogP contribution in [0, 0.1) is 0 Å². The smallest absolute Gasteiger partial charge is 0.186 e. The molecule has 2 aromatic heterocycles. The molecule has 0 radical (unpaired) electrons. The van der Waals surface area contributed by atoms with E-state index >= 15 is 0 Å². The molecule has 0 atom stereocenters. The van der Waals surface area contributed by atoms with Gasteiger partial charge in [-0.15, -0.1) is 0 Å². The molecule has 1 aliphatic rings. The summed E-state index contributed by atoms with van der Waals surface area (Å²) < 4.78 is 5.45. The maximum Gasteiger partial charge on any atom is 0.186 e. The Hall–Kier alpha value is -2.77. The Kier molecular flexibility index (Phi) is 5.18. The first-order valence-electron chi connectivity index (χ1n) is 8.49. The van der Waals surface area contributed by atoms with E-state index < -0.39 is 0 Å². The minimum Gasteiger partial charge on any atom is -0.378 e. The monoisotopic (exact) mass is 365 g/mol. The van der Waals surface area contributed by atoms with Crippen molar-refractivity contribution in [3.8, 4) is 11.3 Å². The highest BCUT2D eigenvalue weighted by atomic mass is 32.1. The molecule has 132 valence electrons. The molecule has 0 aliphatic carbocycles. The Morgan fingerprint density at radius 2 is 1.88 bits per heavy atom. The second-order valence-corrected chi connectivity index (χ2v) is 6.77. The number of nitrogens with zero attached hydrogens (tertiary/aromatic N) is 4. The lowest BCUT2D eigenvalue weighted by Crippen LogP contribution is -2.36. The molecule has 26 heavy (non-hydrogen) atoms. The molecule has 1 fully saturated rings. The summed E-state index contributed by atoms with van der Waals surface area (Å²) in [5, 5.41) is 5.35. The van der Waals surface area contributed by atoms with E-state index in [-0.39, 0.29) is 0 Å². The lowest BCUT2D eigenvalue weighted by Gasteiger charge is -2.26. The molecule has 0 amide bonds. The standard InChI is InChI=1S/C19H19N5OS/c1-2-6-15(7-3-1)18-16(14-21-23-17-8-4-5-9-20-17)26-19(22-18)24-10-12-25-13-11-24/h1-9,14H,10-13H2,(H,20,23). The predicted octanol–water partition coefficient (Wildman–Crippen LogP) is 3.49. The van der Waals surface area contributed by atoms with E-state index in [0.29, 0.717) is 5.82 Å². The number of hydrogen-bond donors (Lipinski definition) is 1. The molecular weight excluding hydrogens is 346 g/mol. The first-order chi connectivity index (χ1) is 12.9. The van der Waals surface area contributed by atoms with Crippen LogP contribution < -0.4 is 10.3 Å². The number of pyridine rings is 1. The molecule has 3 heterocycles. The van der Waals surface area contributed by atoms with Crippen LogP contribution >= 0.6 is 11.3 Å². The number of ether oxygens (including phenoxy) is 1. The van der Waals surface area contributed by atoms with E-state index in [1.165, 1.54) is 0 Å². The number of hydrazone groups is 1. The third-order valence-corrected chi connectivity index (χ3v) is 5.05. The van der Waals surface area contributed by atoms with Gasteiger partial charge in [0.05, 0.1) is 30.0 Å². The summed E-state index contributed by atoms with van der Waals surface area (Å²) in [5.74, 6) is 0.711. The summed E-state index contributed by atoms with van der Waals surface area (Å²) in [7, 11) is 0. The van der Waals surface area contributed by atoms with Gasteiger partial charge in [0, 0.05) is 24.8 Å². The minimum absolute atomic E-state index is 0.711. The third kappa shape index (κ3) is 3.89. The molecule has 1 N–H and O–H groups in total. The van der Waals surface area contributed by atoms with Crippen molar-refractivity contribution in [3.05, 3.63) is 59.6 Å². The van der Waals surface area contributed by atoms with Gasteiger partial charge in [0.2, 0.25) is 0 Å². The molecular formula is C19H19N5OS. The average molecular weight is 365 g/mol. The normalized spacial score (nSPS) is 14.7. The summed E-state index contributed by atoms with van der Waals surface area (Å²) in [4.78, 5) is 12.4. The molecule has 1 saturated heterocycles. The van der Waals surface area contributed by atoms with Gasteiger partial charge in [-0.05, 0) is 12.1 Å². The highest BCUT2D eigenvalue weighted by Crippen LogP contribution is 2.32. The largest absolute Gasteiger partial charge is 0.378 e. The van der Waals surface area contributed by atoms with Gasteiger partial charge in [-0.3, -0.25) is 5.43 Å². The van der Waals surface area contributed by atoms with Gasteiger partial charge >= 0.3 is 0 Å². The number of morpholine rings is 1. The highest BCUT2D eigenvalue weighted by molar-refractivity contribution is 7.17. The number of benzene rings is 1. The molecule has 6 nitrogen and oxygen atoms in total. The van der Waals surface area contributed by atoms with E-state index in [0.717, 1.165) is 47.6 Å². The number of hydrogen-bond acceptors (Lipinski definition) is 7. The van der Waals surface area contributed by atoms with Gasteiger partial charge in [-0.1, -0.05) is 47.7 Å². The van der Waals surface area contributed by atoms with Crippen molar-refractivity contribution in [2.75, 3.05) is 36.6 Å². The van der Waals surface area contributed by atoms with Crippen LogP contribution in [0.15, 0.2) is 59.8 Å². The average Bonchev–Trinajstić information content (AvgIpc) is 3.14. The minimum atomic E-state index is 0.711. The van der Waals surface area contributed by atoms with Crippen molar-refractivity contribution >= 4 is 28.5 Å². The van der Waals surface area contributed by atoms with Gasteiger partial charge in [0.15, 0.2) is 5.13 Å². The van der Waals surface area contributed by atoms with Crippen LogP contribution in [0.4, 0.5) is 10.9 Å². The second-order valence-electron chi connectivity index (χ2n) is 5.76. The number of anilines is 2. The molecule has 0 bridgehead atoms. The number of thiazole rings is 1. The topological polar surface area (TPSA) is 62.6 Å². The Morgan fingerprint density at radius 1 is 1.08 bits per heavy atom. The lowest BCUT2D eigenvalue weighted by molar-refractivity contribution is 0.122. The maximum absolute atomic E-state index is 5.45. The Balaban J connectivity index is 1.61. The molecule has 0 unspecified atom stereocenters. The van der Waals surface area contributed by atoms with Gasteiger partial charge in [0.1, 0.15) is 5.82 Å². The SMILES string of the molecule is C(=NNc1ccccn1)c1sc(N2CCOCC2)nc1-c1ccccc1. The van der Waals surface area contributed by atoms with Crippen molar-refractivity contribution < 1.29 is 4.74 Å². The third-order valence-electron chi connectivity index (χ3n) is 4.00. The van der Waals surface area contributed by atoms with Crippen molar-refractivity contribution in [3.63, 3.8) is 0 Å². The zero-order valence-electron chi connectivity index (χ0n) is 14.2. The fraction of sp³-hybridized carbons (Fsp3) is 0.211. The lowest BCUT2D eigenvalue weighted by atomic mass is 10.1. The van der Waals surface area contributed by atoms with Crippen molar-refractivity contribution in [2.45, 2.75) is 0 Å². The Bertz CT molecular complexity index is 860. The van der Waals surface area contributed by atoms with Crippen LogP contribution in [0.3, 0.4) is 0 Å². The van der Waals surface area contributed by atoms with Crippen LogP contribution in [0.1, 0.15) is 4.88 Å². The summed E-state index contributed by atoms with van der Waals surface area (Å²) in [6.07, 6.45) is 3.55. The van der Waals surface area contributed by atoms with Gasteiger partial charge in [-0.2, -0.15) is 5.10 Å². The van der Waals surface area contributed by atoms with Gasteiger partial charge in [-0.25, -0.2) is 9.97 Å². The Morgan fingerprint density at radius 3 is 2.65 bits per heavy atom. The molecule has 7 heteroatoms. The fourth-order valence-corrected chi connectivity index (χ4v) is 3.70. The molecule has 0 spiro atoms. The number of aromatic nitrogens is 2. The zero-order chi connectivity index (χ0) is 17.6. The van der Waals surface area contributed by atoms with Crippen LogP contribution in [0.2, 0.25) is 0 Å². The van der Waals surface area contributed by atoms with Crippen LogP contribution in [-0.2, 0) is 4.74 Å². The van der Waals surface area contributed by atoms with E-state index in [4.69, 9.17) is 9.72 Å². The zero-order valence-corrected chi connectivity index (χ0v) is 15.0. The summed E-state index contributed by atoms with van der Waals surface area (Å²) in [6.45, 7) is 3.21. The number of nitrogens with one attached hydrogen (secondary N) is 1. The summed E-state index contributed by atoms with van der Waals surface area (Å²) >= 11 is 1.65. The van der Waals surface area contributed by atoms with Crippen LogP contribution in [-0.4, -0.2) is 42.5 Å². The van der Waals surface area contributed by atoms with E-state index in [1.54, 1.807) is 17.5 Å². The maximum atomic E-state index is 5.45.